The van der Waals surface area contributed by atoms with Crippen molar-refractivity contribution in [1.82, 2.24) is 5.32 Å². The largest absolute Gasteiger partial charge is 0.480 e. The summed E-state index contributed by atoms with van der Waals surface area (Å²) in [6.07, 6.45) is 1.60. The number of anilines is 1. The molecule has 8 heteroatoms. The molecule has 1 fully saturated rings. The fourth-order valence-electron chi connectivity index (χ4n) is 2.68. The number of nitrogens with one attached hydrogen (secondary N) is 1. The molecule has 1 aromatic rings. The first-order valence-electron chi connectivity index (χ1n) is 7.48. The number of nitro benzene ring substituents is 1. The Hall–Kier alpha value is -2.48. The van der Waals surface area contributed by atoms with Crippen LogP contribution < -0.4 is 10.2 Å². The Bertz CT molecular complexity index is 619. The van der Waals surface area contributed by atoms with Gasteiger partial charge < -0.3 is 10.0 Å². The molecule has 2 N–H and O–H groups in total. The number of hydrogen-bond acceptors (Lipinski definition) is 5. The fraction of sp³-hybridized carbons (Fsp3) is 0.467. The van der Waals surface area contributed by atoms with Crippen LogP contribution in [-0.4, -0.2) is 40.5 Å². The van der Waals surface area contributed by atoms with Gasteiger partial charge in [0.25, 0.3) is 5.69 Å². The van der Waals surface area contributed by atoms with E-state index in [-0.39, 0.29) is 11.6 Å². The molecule has 1 amide bonds. The average Bonchev–Trinajstić information content (AvgIpc) is 2.88. The SMILES string of the molecule is CCCC(NC1CCN(c2cccc([N+](=O)[O-])c2)C1=O)C(=O)O. The molecule has 1 aliphatic rings. The minimum atomic E-state index is -0.978. The van der Waals surface area contributed by atoms with Crippen LogP contribution >= 0.6 is 0 Å². The maximum Gasteiger partial charge on any atom is 0.320 e. The van der Waals surface area contributed by atoms with Crippen LogP contribution in [0.25, 0.3) is 0 Å². The molecule has 1 heterocycles. The Labute approximate surface area is 133 Å². The Kier molecular flexibility index (Phi) is 5.28. The van der Waals surface area contributed by atoms with Crippen molar-refractivity contribution < 1.29 is 19.6 Å². The number of nitrogens with zero attached hydrogens (tertiary/aromatic N) is 2. The van der Waals surface area contributed by atoms with E-state index in [1.165, 1.54) is 23.1 Å². The predicted octanol–water partition coefficient (Wildman–Crippen LogP) is 1.54. The number of non-ortho nitro benzene ring substituents is 1. The van der Waals surface area contributed by atoms with Gasteiger partial charge in [-0.15, -0.1) is 0 Å². The summed E-state index contributed by atoms with van der Waals surface area (Å²) in [7, 11) is 0. The molecule has 0 radical (unpaired) electrons. The number of rotatable bonds is 7. The van der Waals surface area contributed by atoms with Gasteiger partial charge in [0.2, 0.25) is 5.91 Å². The molecule has 0 bridgehead atoms. The quantitative estimate of drug-likeness (QED) is 0.582. The zero-order valence-corrected chi connectivity index (χ0v) is 12.8. The molecular formula is C15H19N3O5. The van der Waals surface area contributed by atoms with Gasteiger partial charge in [-0.25, -0.2) is 0 Å². The van der Waals surface area contributed by atoms with Crippen molar-refractivity contribution >= 4 is 23.3 Å². The molecule has 1 saturated heterocycles. The van der Waals surface area contributed by atoms with E-state index in [0.717, 1.165) is 0 Å². The average molecular weight is 321 g/mol. The highest BCUT2D eigenvalue weighted by Crippen LogP contribution is 2.25. The fourth-order valence-corrected chi connectivity index (χ4v) is 2.68. The normalized spacial score (nSPS) is 18.9. The summed E-state index contributed by atoms with van der Waals surface area (Å²) in [6.45, 7) is 2.28. The minimum absolute atomic E-state index is 0.0823. The van der Waals surface area contributed by atoms with Crippen LogP contribution in [0.5, 0.6) is 0 Å². The molecule has 2 unspecified atom stereocenters. The van der Waals surface area contributed by atoms with Crippen molar-refractivity contribution in [2.45, 2.75) is 38.3 Å². The molecule has 1 aromatic carbocycles. The van der Waals surface area contributed by atoms with Gasteiger partial charge in [-0.2, -0.15) is 0 Å². The number of carbonyl (C=O) groups is 2. The van der Waals surface area contributed by atoms with Crippen LogP contribution in [0.15, 0.2) is 24.3 Å². The number of carboxylic acid groups (broad SMARTS) is 1. The lowest BCUT2D eigenvalue weighted by molar-refractivity contribution is -0.384. The van der Waals surface area contributed by atoms with Crippen molar-refractivity contribution in [3.05, 3.63) is 34.4 Å². The van der Waals surface area contributed by atoms with Gasteiger partial charge >= 0.3 is 5.97 Å². The zero-order chi connectivity index (χ0) is 17.0. The Morgan fingerprint density at radius 3 is 2.91 bits per heavy atom. The van der Waals surface area contributed by atoms with Crippen LogP contribution in [0.3, 0.4) is 0 Å². The topological polar surface area (TPSA) is 113 Å². The maximum absolute atomic E-state index is 12.5. The van der Waals surface area contributed by atoms with Crippen LogP contribution in [0.4, 0.5) is 11.4 Å². The van der Waals surface area contributed by atoms with Gasteiger partial charge in [0.1, 0.15) is 6.04 Å². The Morgan fingerprint density at radius 2 is 2.30 bits per heavy atom. The van der Waals surface area contributed by atoms with E-state index in [0.29, 0.717) is 31.5 Å². The number of carbonyl (C=O) groups excluding carboxylic acids is 1. The van der Waals surface area contributed by atoms with E-state index in [1.54, 1.807) is 6.07 Å². The molecular weight excluding hydrogens is 302 g/mol. The number of carboxylic acids is 1. The maximum atomic E-state index is 12.5. The van der Waals surface area contributed by atoms with E-state index in [9.17, 15) is 19.7 Å². The summed E-state index contributed by atoms with van der Waals surface area (Å²) in [5.41, 5.74) is 0.372. The summed E-state index contributed by atoms with van der Waals surface area (Å²) in [5, 5.41) is 22.9. The number of hydrogen-bond donors (Lipinski definition) is 2. The van der Waals surface area contributed by atoms with Crippen molar-refractivity contribution in [2.24, 2.45) is 0 Å². The predicted molar refractivity (Wildman–Crippen MR) is 83.3 cm³/mol. The van der Waals surface area contributed by atoms with Crippen LogP contribution in [0.1, 0.15) is 26.2 Å². The lowest BCUT2D eigenvalue weighted by atomic mass is 10.1. The van der Waals surface area contributed by atoms with Gasteiger partial charge in [0.05, 0.1) is 16.7 Å². The third-order valence-corrected chi connectivity index (χ3v) is 3.84. The monoisotopic (exact) mass is 321 g/mol. The van der Waals surface area contributed by atoms with Gasteiger partial charge in [-0.05, 0) is 18.9 Å². The third kappa shape index (κ3) is 3.84. The first kappa shape index (κ1) is 16.9. The van der Waals surface area contributed by atoms with Gasteiger partial charge in [-0.1, -0.05) is 19.4 Å². The van der Waals surface area contributed by atoms with Gasteiger partial charge in [-0.3, -0.25) is 25.0 Å². The van der Waals surface area contributed by atoms with E-state index in [2.05, 4.69) is 5.32 Å². The lowest BCUT2D eigenvalue weighted by Gasteiger charge is -2.20. The summed E-state index contributed by atoms with van der Waals surface area (Å²) in [6, 6.07) is 4.52. The molecule has 23 heavy (non-hydrogen) atoms. The second kappa shape index (κ2) is 7.19. The van der Waals surface area contributed by atoms with Gasteiger partial charge in [0, 0.05) is 18.7 Å². The minimum Gasteiger partial charge on any atom is -0.480 e. The highest BCUT2D eigenvalue weighted by Gasteiger charge is 2.35. The first-order valence-corrected chi connectivity index (χ1v) is 7.48. The third-order valence-electron chi connectivity index (χ3n) is 3.84. The molecule has 0 saturated carbocycles. The summed E-state index contributed by atoms with van der Waals surface area (Å²) in [5.74, 6) is -1.23. The van der Waals surface area contributed by atoms with Crippen LogP contribution in [-0.2, 0) is 9.59 Å². The second-order valence-electron chi connectivity index (χ2n) is 5.45. The number of aliphatic carboxylic acids is 1. The first-order chi connectivity index (χ1) is 10.9. The molecule has 0 aliphatic carbocycles. The number of nitro groups is 1. The highest BCUT2D eigenvalue weighted by atomic mass is 16.6. The summed E-state index contributed by atoms with van der Waals surface area (Å²) >= 11 is 0. The Morgan fingerprint density at radius 1 is 1.57 bits per heavy atom. The molecule has 8 nitrogen and oxygen atoms in total. The van der Waals surface area contributed by atoms with Crippen molar-refractivity contribution in [1.29, 1.82) is 0 Å². The van der Waals surface area contributed by atoms with Gasteiger partial charge in [0.15, 0.2) is 0 Å². The summed E-state index contributed by atoms with van der Waals surface area (Å²) < 4.78 is 0. The second-order valence-corrected chi connectivity index (χ2v) is 5.45. The van der Waals surface area contributed by atoms with Crippen molar-refractivity contribution in [2.75, 3.05) is 11.4 Å². The molecule has 124 valence electrons. The molecule has 2 atom stereocenters. The van der Waals surface area contributed by atoms with E-state index >= 15 is 0 Å². The number of benzene rings is 1. The molecule has 0 spiro atoms. The van der Waals surface area contributed by atoms with E-state index < -0.39 is 23.0 Å². The van der Waals surface area contributed by atoms with Crippen LogP contribution in [0.2, 0.25) is 0 Å². The standard InChI is InChI=1S/C15H19N3O5/c1-2-4-13(15(20)21)16-12-7-8-17(14(12)19)10-5-3-6-11(9-10)18(22)23/h3,5-6,9,12-13,16H,2,4,7-8H2,1H3,(H,20,21). The van der Waals surface area contributed by atoms with Crippen molar-refractivity contribution in [3.63, 3.8) is 0 Å². The van der Waals surface area contributed by atoms with E-state index in [1.807, 2.05) is 6.92 Å². The lowest BCUT2D eigenvalue weighted by Crippen LogP contribution is -2.47. The molecule has 1 aliphatic heterocycles. The Balaban J connectivity index is 2.11. The van der Waals surface area contributed by atoms with E-state index in [4.69, 9.17) is 5.11 Å². The smallest absolute Gasteiger partial charge is 0.320 e. The van der Waals surface area contributed by atoms with Crippen LogP contribution in [0, 0.1) is 10.1 Å². The summed E-state index contributed by atoms with van der Waals surface area (Å²) in [4.78, 5) is 35.4. The number of amides is 1. The zero-order valence-electron chi connectivity index (χ0n) is 12.8. The highest BCUT2D eigenvalue weighted by molar-refractivity contribution is 6.00. The molecule has 2 rings (SSSR count). The molecule has 0 aromatic heterocycles. The van der Waals surface area contributed by atoms with Crippen molar-refractivity contribution in [3.8, 4) is 0 Å².